The molecule has 0 aliphatic rings. The second-order valence-electron chi connectivity index (χ2n) is 5.68. The quantitative estimate of drug-likeness (QED) is 0.538. The lowest BCUT2D eigenvalue weighted by molar-refractivity contribution is 0.423. The van der Waals surface area contributed by atoms with Crippen molar-refractivity contribution in [1.82, 2.24) is 4.57 Å². The van der Waals surface area contributed by atoms with E-state index in [0.29, 0.717) is 0 Å². The second kappa shape index (κ2) is 3.58. The molecule has 0 aliphatic heterocycles. The molecule has 0 amide bonds. The zero-order valence-electron chi connectivity index (χ0n) is 10.9. The fraction of sp³-hybridized carbons (Fsp3) is 0.250. The van der Waals surface area contributed by atoms with Crippen LogP contribution in [0.4, 0.5) is 4.39 Å². The Morgan fingerprint density at radius 1 is 0.889 bits per heavy atom. The van der Waals surface area contributed by atoms with Gasteiger partial charge in [0.1, 0.15) is 5.82 Å². The van der Waals surface area contributed by atoms with Crippen LogP contribution in [0.2, 0.25) is 0 Å². The van der Waals surface area contributed by atoms with E-state index in [1.165, 1.54) is 11.5 Å². The largest absolute Gasteiger partial charge is 0.335 e. The molecule has 1 nitrogen and oxygen atoms in total. The van der Waals surface area contributed by atoms with E-state index in [4.69, 9.17) is 0 Å². The third kappa shape index (κ3) is 1.52. The molecule has 0 saturated heterocycles. The standard InChI is InChI=1S/C16H16FN/c1-16(2,3)18-14-7-5-4-6-12(14)13-9-8-11(17)10-15(13)18/h4-10H,1-3H3. The molecule has 0 saturated carbocycles. The SMILES string of the molecule is CC(C)(C)n1c2ccccc2c2ccc(F)cc21. The summed E-state index contributed by atoms with van der Waals surface area (Å²) in [4.78, 5) is 0. The molecule has 3 rings (SSSR count). The molecular formula is C16H16FN. The molecule has 2 aromatic carbocycles. The molecule has 1 aromatic heterocycles. The van der Waals surface area contributed by atoms with Crippen molar-refractivity contribution in [3.05, 3.63) is 48.3 Å². The second-order valence-corrected chi connectivity index (χ2v) is 5.68. The van der Waals surface area contributed by atoms with Crippen molar-refractivity contribution in [2.45, 2.75) is 26.3 Å². The first-order chi connectivity index (χ1) is 8.48. The maximum atomic E-state index is 13.5. The third-order valence-corrected chi connectivity index (χ3v) is 3.31. The van der Waals surface area contributed by atoms with Crippen LogP contribution >= 0.6 is 0 Å². The van der Waals surface area contributed by atoms with Gasteiger partial charge in [-0.2, -0.15) is 0 Å². The number of fused-ring (bicyclic) bond motifs is 3. The van der Waals surface area contributed by atoms with Gasteiger partial charge in [-0.1, -0.05) is 18.2 Å². The number of rotatable bonds is 0. The van der Waals surface area contributed by atoms with Crippen molar-refractivity contribution in [1.29, 1.82) is 0 Å². The van der Waals surface area contributed by atoms with Crippen molar-refractivity contribution in [2.24, 2.45) is 0 Å². The number of hydrogen-bond acceptors (Lipinski definition) is 0. The van der Waals surface area contributed by atoms with Gasteiger partial charge in [-0.15, -0.1) is 0 Å². The zero-order valence-corrected chi connectivity index (χ0v) is 10.9. The molecule has 1 heterocycles. The number of hydrogen-bond donors (Lipinski definition) is 0. The van der Waals surface area contributed by atoms with Crippen LogP contribution in [0.15, 0.2) is 42.5 Å². The van der Waals surface area contributed by atoms with Crippen LogP contribution in [0.3, 0.4) is 0 Å². The first-order valence-electron chi connectivity index (χ1n) is 6.18. The van der Waals surface area contributed by atoms with E-state index >= 15 is 0 Å². The lowest BCUT2D eigenvalue weighted by Gasteiger charge is -2.24. The monoisotopic (exact) mass is 241 g/mol. The highest BCUT2D eigenvalue weighted by Crippen LogP contribution is 2.34. The number of halogens is 1. The number of aromatic nitrogens is 1. The Bertz CT molecular complexity index is 732. The molecule has 0 fully saturated rings. The Morgan fingerprint density at radius 3 is 2.28 bits per heavy atom. The Hall–Kier alpha value is -1.83. The summed E-state index contributed by atoms with van der Waals surface area (Å²) in [5.41, 5.74) is 2.05. The summed E-state index contributed by atoms with van der Waals surface area (Å²) in [6.07, 6.45) is 0. The molecule has 3 aromatic rings. The molecule has 0 bridgehead atoms. The highest BCUT2D eigenvalue weighted by molar-refractivity contribution is 6.08. The molecule has 0 atom stereocenters. The van der Waals surface area contributed by atoms with Crippen molar-refractivity contribution < 1.29 is 4.39 Å². The van der Waals surface area contributed by atoms with E-state index in [1.54, 1.807) is 6.07 Å². The van der Waals surface area contributed by atoms with Crippen LogP contribution in [-0.4, -0.2) is 4.57 Å². The van der Waals surface area contributed by atoms with Crippen molar-refractivity contribution in [2.75, 3.05) is 0 Å². The highest BCUT2D eigenvalue weighted by Gasteiger charge is 2.20. The van der Waals surface area contributed by atoms with Crippen LogP contribution in [0.5, 0.6) is 0 Å². The highest BCUT2D eigenvalue weighted by atomic mass is 19.1. The first-order valence-corrected chi connectivity index (χ1v) is 6.18. The maximum absolute atomic E-state index is 13.5. The summed E-state index contributed by atoms with van der Waals surface area (Å²) in [6.45, 7) is 6.43. The summed E-state index contributed by atoms with van der Waals surface area (Å²) in [7, 11) is 0. The Labute approximate surface area is 106 Å². The summed E-state index contributed by atoms with van der Waals surface area (Å²) in [5.74, 6) is -0.184. The molecule has 18 heavy (non-hydrogen) atoms. The molecule has 0 spiro atoms. The van der Waals surface area contributed by atoms with E-state index in [2.05, 4.69) is 37.5 Å². The molecule has 0 radical (unpaired) electrons. The minimum absolute atomic E-state index is 0.0743. The average Bonchev–Trinajstić information content (AvgIpc) is 2.61. The van der Waals surface area contributed by atoms with Gasteiger partial charge in [0.25, 0.3) is 0 Å². The normalized spacial score (nSPS) is 12.4. The van der Waals surface area contributed by atoms with Crippen molar-refractivity contribution in [3.8, 4) is 0 Å². The maximum Gasteiger partial charge on any atom is 0.125 e. The van der Waals surface area contributed by atoms with E-state index in [9.17, 15) is 4.39 Å². The predicted octanol–water partition coefficient (Wildman–Crippen LogP) is 4.69. The van der Waals surface area contributed by atoms with Gasteiger partial charge >= 0.3 is 0 Å². The molecular weight excluding hydrogens is 225 g/mol. The van der Waals surface area contributed by atoms with E-state index in [-0.39, 0.29) is 11.4 Å². The summed E-state index contributed by atoms with van der Waals surface area (Å²) in [5, 5.41) is 2.30. The van der Waals surface area contributed by atoms with Gasteiger partial charge in [0.2, 0.25) is 0 Å². The Morgan fingerprint density at radius 2 is 1.56 bits per heavy atom. The van der Waals surface area contributed by atoms with Gasteiger partial charge in [-0.05, 0) is 45.0 Å². The van der Waals surface area contributed by atoms with Gasteiger partial charge in [0, 0.05) is 21.8 Å². The van der Waals surface area contributed by atoms with Crippen molar-refractivity contribution in [3.63, 3.8) is 0 Å². The van der Waals surface area contributed by atoms with Gasteiger partial charge in [-0.3, -0.25) is 0 Å². The summed E-state index contributed by atoms with van der Waals surface area (Å²) >= 11 is 0. The van der Waals surface area contributed by atoms with Gasteiger partial charge in [0.15, 0.2) is 0 Å². The third-order valence-electron chi connectivity index (χ3n) is 3.31. The number of para-hydroxylation sites is 1. The molecule has 0 unspecified atom stereocenters. The van der Waals surface area contributed by atoms with Gasteiger partial charge in [-0.25, -0.2) is 4.39 Å². The molecule has 0 aliphatic carbocycles. The van der Waals surface area contributed by atoms with Crippen LogP contribution < -0.4 is 0 Å². The van der Waals surface area contributed by atoms with E-state index < -0.39 is 0 Å². The minimum Gasteiger partial charge on any atom is -0.335 e. The van der Waals surface area contributed by atoms with Crippen LogP contribution in [0.25, 0.3) is 21.8 Å². The van der Waals surface area contributed by atoms with Gasteiger partial charge < -0.3 is 4.57 Å². The van der Waals surface area contributed by atoms with Crippen LogP contribution in [0.1, 0.15) is 20.8 Å². The zero-order chi connectivity index (χ0) is 12.9. The number of nitrogens with zero attached hydrogens (tertiary/aromatic N) is 1. The Balaban J connectivity index is 2.59. The molecule has 2 heteroatoms. The smallest absolute Gasteiger partial charge is 0.125 e. The fourth-order valence-electron chi connectivity index (χ4n) is 2.67. The van der Waals surface area contributed by atoms with Crippen molar-refractivity contribution >= 4 is 21.8 Å². The summed E-state index contributed by atoms with van der Waals surface area (Å²) in [6, 6.07) is 13.3. The number of benzene rings is 2. The topological polar surface area (TPSA) is 4.93 Å². The van der Waals surface area contributed by atoms with E-state index in [1.807, 2.05) is 18.2 Å². The van der Waals surface area contributed by atoms with E-state index in [0.717, 1.165) is 16.4 Å². The molecule has 0 N–H and O–H groups in total. The lowest BCUT2D eigenvalue weighted by atomic mass is 10.1. The van der Waals surface area contributed by atoms with Crippen LogP contribution in [0, 0.1) is 5.82 Å². The lowest BCUT2D eigenvalue weighted by Crippen LogP contribution is -2.21. The summed E-state index contributed by atoms with van der Waals surface area (Å²) < 4.78 is 15.7. The predicted molar refractivity (Wildman–Crippen MR) is 74.4 cm³/mol. The fourth-order valence-corrected chi connectivity index (χ4v) is 2.67. The van der Waals surface area contributed by atoms with Crippen LogP contribution in [-0.2, 0) is 5.54 Å². The first kappa shape index (κ1) is 11.3. The Kier molecular flexibility index (Phi) is 2.24. The average molecular weight is 241 g/mol. The van der Waals surface area contributed by atoms with Gasteiger partial charge in [0.05, 0.1) is 5.52 Å². The molecule has 92 valence electrons. The minimum atomic E-state index is -0.184.